The summed E-state index contributed by atoms with van der Waals surface area (Å²) in [5.41, 5.74) is 7.48. The first-order valence-electron chi connectivity index (χ1n) is 6.34. The minimum atomic E-state index is -0.431. The zero-order chi connectivity index (χ0) is 14.1. The van der Waals surface area contributed by atoms with Crippen molar-refractivity contribution in [1.29, 1.82) is 0 Å². The van der Waals surface area contributed by atoms with Gasteiger partial charge in [0.2, 0.25) is 0 Å². The van der Waals surface area contributed by atoms with Gasteiger partial charge in [0.15, 0.2) is 11.7 Å². The van der Waals surface area contributed by atoms with Crippen LogP contribution in [0.1, 0.15) is 5.69 Å². The predicted molar refractivity (Wildman–Crippen MR) is 73.1 cm³/mol. The summed E-state index contributed by atoms with van der Waals surface area (Å²) < 4.78 is 7.29. The van der Waals surface area contributed by atoms with Crippen LogP contribution >= 0.6 is 0 Å². The number of ether oxygens (including phenoxy) is 1. The summed E-state index contributed by atoms with van der Waals surface area (Å²) in [6.45, 7) is 3.63. The maximum absolute atomic E-state index is 8.75. The molecule has 8 nitrogen and oxygen atoms in total. The van der Waals surface area contributed by atoms with Crippen molar-refractivity contribution in [3.05, 3.63) is 24.2 Å². The third-order valence-corrected chi connectivity index (χ3v) is 3.30. The van der Waals surface area contributed by atoms with E-state index < -0.39 is 6.10 Å². The molecular weight excluding hydrogens is 260 g/mol. The van der Waals surface area contributed by atoms with Crippen LogP contribution in [0.5, 0.6) is 0 Å². The van der Waals surface area contributed by atoms with Crippen molar-refractivity contribution in [2.45, 2.75) is 13.0 Å². The summed E-state index contributed by atoms with van der Waals surface area (Å²) >= 11 is 0. The number of fused-ring (bicyclic) bond motifs is 1. The molecular formula is C12H16N6O2. The molecule has 0 aliphatic carbocycles. The number of aryl methyl sites for hydroxylation is 1. The van der Waals surface area contributed by atoms with E-state index in [4.69, 9.17) is 15.7 Å². The van der Waals surface area contributed by atoms with E-state index in [1.165, 1.54) is 0 Å². The van der Waals surface area contributed by atoms with E-state index in [9.17, 15) is 0 Å². The number of rotatable bonds is 2. The first-order chi connectivity index (χ1) is 9.69. The van der Waals surface area contributed by atoms with Gasteiger partial charge in [0.1, 0.15) is 11.6 Å². The van der Waals surface area contributed by atoms with Gasteiger partial charge in [-0.3, -0.25) is 0 Å². The second kappa shape index (κ2) is 4.97. The lowest BCUT2D eigenvalue weighted by atomic mass is 10.2. The molecule has 8 heteroatoms. The van der Waals surface area contributed by atoms with Gasteiger partial charge in [-0.2, -0.15) is 5.10 Å². The van der Waals surface area contributed by atoms with Gasteiger partial charge in [-0.05, 0) is 13.0 Å². The average Bonchev–Trinajstić information content (AvgIpc) is 2.86. The van der Waals surface area contributed by atoms with E-state index in [1.807, 2.05) is 19.2 Å². The molecule has 0 radical (unpaired) electrons. The molecule has 1 unspecified atom stereocenters. The molecule has 1 aliphatic heterocycles. The number of anilines is 1. The third-order valence-electron chi connectivity index (χ3n) is 3.30. The highest BCUT2D eigenvalue weighted by atomic mass is 16.5. The summed E-state index contributed by atoms with van der Waals surface area (Å²) in [4.78, 5) is 6.49. The Morgan fingerprint density at radius 1 is 1.60 bits per heavy atom. The predicted octanol–water partition coefficient (Wildman–Crippen LogP) is -0.0107. The molecule has 0 aromatic carbocycles. The molecule has 3 rings (SSSR count). The third kappa shape index (κ3) is 2.14. The zero-order valence-electron chi connectivity index (χ0n) is 11.1. The van der Waals surface area contributed by atoms with E-state index in [0.29, 0.717) is 19.7 Å². The van der Waals surface area contributed by atoms with E-state index >= 15 is 0 Å². The fourth-order valence-corrected chi connectivity index (χ4v) is 2.36. The second-order valence-electron chi connectivity index (χ2n) is 4.70. The van der Waals surface area contributed by atoms with Crippen molar-refractivity contribution >= 4 is 17.2 Å². The van der Waals surface area contributed by atoms with Gasteiger partial charge in [0.25, 0.3) is 0 Å². The Hall–Kier alpha value is -2.35. The lowest BCUT2D eigenvalue weighted by molar-refractivity contribution is 0.0805. The van der Waals surface area contributed by atoms with Gasteiger partial charge in [-0.25, -0.2) is 9.50 Å². The van der Waals surface area contributed by atoms with E-state index in [1.54, 1.807) is 10.7 Å². The van der Waals surface area contributed by atoms with Crippen LogP contribution in [0.2, 0.25) is 0 Å². The van der Waals surface area contributed by atoms with Crippen LogP contribution in [-0.2, 0) is 4.74 Å². The highest BCUT2D eigenvalue weighted by Gasteiger charge is 2.26. The number of hydrogen-bond acceptors (Lipinski definition) is 6. The normalized spacial score (nSPS) is 20.6. The number of nitrogens with two attached hydrogens (primary N) is 1. The summed E-state index contributed by atoms with van der Waals surface area (Å²) in [5.74, 6) is 0.901. The first kappa shape index (κ1) is 12.7. The summed E-state index contributed by atoms with van der Waals surface area (Å²) in [6.07, 6.45) is 3.09. The SMILES string of the molecule is Cc1cc2c(N3CCOC(/C(N)=N/O)C3)nccn2n1. The molecule has 3 N–H and O–H groups in total. The van der Waals surface area contributed by atoms with E-state index in [0.717, 1.165) is 17.0 Å². The molecule has 2 aromatic heterocycles. The van der Waals surface area contributed by atoms with Gasteiger partial charge in [-0.1, -0.05) is 5.16 Å². The molecule has 1 aliphatic rings. The number of hydrogen-bond donors (Lipinski definition) is 2. The number of amidine groups is 1. The monoisotopic (exact) mass is 276 g/mol. The molecule has 1 atom stereocenters. The lowest BCUT2D eigenvalue weighted by Gasteiger charge is -2.33. The van der Waals surface area contributed by atoms with Gasteiger partial charge >= 0.3 is 0 Å². The Bertz CT molecular complexity index is 652. The lowest BCUT2D eigenvalue weighted by Crippen LogP contribution is -2.49. The standard InChI is InChI=1S/C12H16N6O2/c1-8-6-9-12(14-2-3-18(9)15-8)17-4-5-20-10(7-17)11(13)16-19/h2-3,6,10,19H,4-5,7H2,1H3,(H2,13,16). The molecule has 0 saturated carbocycles. The Morgan fingerprint density at radius 2 is 2.45 bits per heavy atom. The van der Waals surface area contributed by atoms with Crippen molar-refractivity contribution in [1.82, 2.24) is 14.6 Å². The maximum Gasteiger partial charge on any atom is 0.170 e. The van der Waals surface area contributed by atoms with Crippen LogP contribution in [0.15, 0.2) is 23.6 Å². The van der Waals surface area contributed by atoms with Crippen molar-refractivity contribution in [2.75, 3.05) is 24.6 Å². The van der Waals surface area contributed by atoms with Crippen molar-refractivity contribution in [3.8, 4) is 0 Å². The van der Waals surface area contributed by atoms with Crippen LogP contribution in [0.3, 0.4) is 0 Å². The first-order valence-corrected chi connectivity index (χ1v) is 6.34. The van der Waals surface area contributed by atoms with Gasteiger partial charge in [0.05, 0.1) is 18.8 Å². The molecule has 3 heterocycles. The number of aromatic nitrogens is 3. The summed E-state index contributed by atoms with van der Waals surface area (Å²) in [7, 11) is 0. The molecule has 106 valence electrons. The largest absolute Gasteiger partial charge is 0.409 e. The van der Waals surface area contributed by atoms with Gasteiger partial charge < -0.3 is 20.6 Å². The maximum atomic E-state index is 8.75. The Morgan fingerprint density at radius 3 is 3.25 bits per heavy atom. The molecule has 1 fully saturated rings. The van der Waals surface area contributed by atoms with Crippen LogP contribution in [0.4, 0.5) is 5.82 Å². The molecule has 0 spiro atoms. The minimum absolute atomic E-state index is 0.0753. The smallest absolute Gasteiger partial charge is 0.170 e. The van der Waals surface area contributed by atoms with Gasteiger partial charge in [0, 0.05) is 18.9 Å². The number of morpholine rings is 1. The highest BCUT2D eigenvalue weighted by molar-refractivity contribution is 5.85. The van der Waals surface area contributed by atoms with Gasteiger partial charge in [-0.15, -0.1) is 0 Å². The Labute approximate surface area is 115 Å². The van der Waals surface area contributed by atoms with Crippen molar-refractivity contribution < 1.29 is 9.94 Å². The van der Waals surface area contributed by atoms with Crippen LogP contribution in [0, 0.1) is 6.92 Å². The Kier molecular flexibility index (Phi) is 3.15. The van der Waals surface area contributed by atoms with Crippen LogP contribution < -0.4 is 10.6 Å². The zero-order valence-corrected chi connectivity index (χ0v) is 11.1. The fraction of sp³-hybridized carbons (Fsp3) is 0.417. The van der Waals surface area contributed by atoms with Crippen molar-refractivity contribution in [3.63, 3.8) is 0 Å². The van der Waals surface area contributed by atoms with Crippen molar-refractivity contribution in [2.24, 2.45) is 10.9 Å². The quantitative estimate of drug-likeness (QED) is 0.346. The number of oxime groups is 1. The fourth-order valence-electron chi connectivity index (χ4n) is 2.36. The molecule has 0 amide bonds. The molecule has 1 saturated heterocycles. The molecule has 20 heavy (non-hydrogen) atoms. The van der Waals surface area contributed by atoms with E-state index in [-0.39, 0.29) is 5.84 Å². The Balaban J connectivity index is 1.94. The number of nitrogens with zero attached hydrogens (tertiary/aromatic N) is 5. The molecule has 0 bridgehead atoms. The summed E-state index contributed by atoms with van der Waals surface area (Å²) in [6, 6.07) is 1.98. The second-order valence-corrected chi connectivity index (χ2v) is 4.70. The topological polar surface area (TPSA) is 101 Å². The van der Waals surface area contributed by atoms with Crippen LogP contribution in [0.25, 0.3) is 5.52 Å². The highest BCUT2D eigenvalue weighted by Crippen LogP contribution is 2.21. The minimum Gasteiger partial charge on any atom is -0.409 e. The molecule has 2 aromatic rings. The average molecular weight is 276 g/mol. The summed E-state index contributed by atoms with van der Waals surface area (Å²) in [5, 5.41) is 16.1. The van der Waals surface area contributed by atoms with E-state index in [2.05, 4.69) is 20.1 Å². The van der Waals surface area contributed by atoms with Crippen LogP contribution in [-0.4, -0.2) is 51.4 Å².